The summed E-state index contributed by atoms with van der Waals surface area (Å²) >= 11 is 0. The molecule has 1 fully saturated rings. The van der Waals surface area contributed by atoms with Crippen LogP contribution < -0.4 is 0 Å². The van der Waals surface area contributed by atoms with Crippen molar-refractivity contribution in [2.45, 2.75) is 32.6 Å². The Labute approximate surface area is 101 Å². The second-order valence-electron chi connectivity index (χ2n) is 5.40. The maximum atomic E-state index is 12.0. The van der Waals surface area contributed by atoms with Gasteiger partial charge in [0.05, 0.1) is 5.41 Å². The van der Waals surface area contributed by atoms with E-state index in [0.717, 1.165) is 12.8 Å². The molecule has 2 aliphatic rings. The Morgan fingerprint density at radius 2 is 2.29 bits per heavy atom. The SMILES string of the molecule is C[C@]1(C(=O)O)CCN(C(=O)C[C@@H]2C=CCC2)C1. The predicted molar refractivity (Wildman–Crippen MR) is 63.4 cm³/mol. The molecule has 1 heterocycles. The summed E-state index contributed by atoms with van der Waals surface area (Å²) in [6.45, 7) is 2.66. The molecule has 0 radical (unpaired) electrons. The molecule has 0 unspecified atom stereocenters. The molecule has 0 saturated carbocycles. The van der Waals surface area contributed by atoms with Gasteiger partial charge in [-0.1, -0.05) is 12.2 Å². The van der Waals surface area contributed by atoms with Gasteiger partial charge in [-0.15, -0.1) is 0 Å². The number of carboxylic acid groups (broad SMARTS) is 1. The van der Waals surface area contributed by atoms with E-state index in [2.05, 4.69) is 12.2 Å². The Morgan fingerprint density at radius 1 is 1.53 bits per heavy atom. The lowest BCUT2D eigenvalue weighted by Gasteiger charge is -2.21. The van der Waals surface area contributed by atoms with Crippen LogP contribution in [0.3, 0.4) is 0 Å². The number of aliphatic carboxylic acids is 1. The topological polar surface area (TPSA) is 57.6 Å². The fraction of sp³-hybridized carbons (Fsp3) is 0.692. The average molecular weight is 237 g/mol. The van der Waals surface area contributed by atoms with Crippen LogP contribution in [0, 0.1) is 11.3 Å². The molecule has 4 nitrogen and oxygen atoms in total. The van der Waals surface area contributed by atoms with E-state index >= 15 is 0 Å². The van der Waals surface area contributed by atoms with Crippen molar-refractivity contribution in [2.24, 2.45) is 11.3 Å². The van der Waals surface area contributed by atoms with Crippen molar-refractivity contribution in [3.8, 4) is 0 Å². The number of rotatable bonds is 3. The molecule has 0 spiro atoms. The monoisotopic (exact) mass is 237 g/mol. The van der Waals surface area contributed by atoms with Crippen molar-refractivity contribution in [1.29, 1.82) is 0 Å². The Bertz CT molecular complexity index is 364. The number of carbonyl (C=O) groups is 2. The molecular formula is C13H19NO3. The van der Waals surface area contributed by atoms with Gasteiger partial charge in [0.1, 0.15) is 0 Å². The summed E-state index contributed by atoms with van der Waals surface area (Å²) in [7, 11) is 0. The third-order valence-electron chi connectivity index (χ3n) is 3.89. The standard InChI is InChI=1S/C13H19NO3/c1-13(12(16)17)6-7-14(9-13)11(15)8-10-4-2-3-5-10/h2,4,10H,3,5-9H2,1H3,(H,16,17)/t10-,13+/m1/s1. The van der Waals surface area contributed by atoms with Crippen LogP contribution in [0.2, 0.25) is 0 Å². The summed E-state index contributed by atoms with van der Waals surface area (Å²) < 4.78 is 0. The highest BCUT2D eigenvalue weighted by Crippen LogP contribution is 2.31. The average Bonchev–Trinajstić information content (AvgIpc) is 2.88. The van der Waals surface area contributed by atoms with Gasteiger partial charge in [0, 0.05) is 19.5 Å². The molecule has 1 saturated heterocycles. The lowest BCUT2D eigenvalue weighted by Crippen LogP contribution is -2.35. The van der Waals surface area contributed by atoms with Crippen LogP contribution in [-0.4, -0.2) is 35.0 Å². The van der Waals surface area contributed by atoms with Gasteiger partial charge in [0.25, 0.3) is 0 Å². The van der Waals surface area contributed by atoms with Gasteiger partial charge in [-0.3, -0.25) is 9.59 Å². The highest BCUT2D eigenvalue weighted by Gasteiger charge is 2.42. The molecule has 17 heavy (non-hydrogen) atoms. The highest BCUT2D eigenvalue weighted by molar-refractivity contribution is 5.80. The largest absolute Gasteiger partial charge is 0.481 e. The molecule has 94 valence electrons. The van der Waals surface area contributed by atoms with E-state index in [1.165, 1.54) is 0 Å². The first-order chi connectivity index (χ1) is 8.01. The molecule has 0 aromatic heterocycles. The summed E-state index contributed by atoms with van der Waals surface area (Å²) in [5.74, 6) is -0.334. The van der Waals surface area contributed by atoms with Crippen LogP contribution in [0.15, 0.2) is 12.2 Å². The fourth-order valence-corrected chi connectivity index (χ4v) is 2.57. The molecule has 0 aromatic carbocycles. The van der Waals surface area contributed by atoms with Crippen LogP contribution in [0.25, 0.3) is 0 Å². The van der Waals surface area contributed by atoms with E-state index in [1.54, 1.807) is 11.8 Å². The summed E-state index contributed by atoms with van der Waals surface area (Å²) in [5, 5.41) is 9.11. The van der Waals surface area contributed by atoms with Crippen LogP contribution >= 0.6 is 0 Å². The quantitative estimate of drug-likeness (QED) is 0.759. The van der Waals surface area contributed by atoms with Crippen LogP contribution in [-0.2, 0) is 9.59 Å². The molecule has 1 aliphatic carbocycles. The van der Waals surface area contributed by atoms with Gasteiger partial charge in [0.15, 0.2) is 0 Å². The second-order valence-corrected chi connectivity index (χ2v) is 5.40. The van der Waals surface area contributed by atoms with E-state index in [0.29, 0.717) is 31.8 Å². The smallest absolute Gasteiger partial charge is 0.311 e. The number of hydrogen-bond acceptors (Lipinski definition) is 2. The Hall–Kier alpha value is -1.32. The number of allylic oxidation sites excluding steroid dienone is 2. The highest BCUT2D eigenvalue weighted by atomic mass is 16.4. The molecule has 2 atom stereocenters. The fourth-order valence-electron chi connectivity index (χ4n) is 2.57. The van der Waals surface area contributed by atoms with Gasteiger partial charge in [0.2, 0.25) is 5.91 Å². The molecule has 2 rings (SSSR count). The van der Waals surface area contributed by atoms with Gasteiger partial charge >= 0.3 is 5.97 Å². The van der Waals surface area contributed by atoms with E-state index in [4.69, 9.17) is 5.11 Å². The van der Waals surface area contributed by atoms with Crippen molar-refractivity contribution < 1.29 is 14.7 Å². The Kier molecular flexibility index (Phi) is 3.22. The van der Waals surface area contributed by atoms with E-state index in [1.807, 2.05) is 0 Å². The maximum absolute atomic E-state index is 12.0. The van der Waals surface area contributed by atoms with E-state index in [-0.39, 0.29) is 5.91 Å². The lowest BCUT2D eigenvalue weighted by atomic mass is 9.90. The van der Waals surface area contributed by atoms with Crippen LogP contribution in [0.5, 0.6) is 0 Å². The predicted octanol–water partition coefficient (Wildman–Crippen LogP) is 1.67. The molecule has 4 heteroatoms. The molecule has 0 aromatic rings. The first-order valence-electron chi connectivity index (χ1n) is 6.19. The summed E-state index contributed by atoms with van der Waals surface area (Å²) in [5.41, 5.74) is -0.749. The first-order valence-corrected chi connectivity index (χ1v) is 6.19. The number of hydrogen-bond donors (Lipinski definition) is 1. The minimum atomic E-state index is -0.798. The van der Waals surface area contributed by atoms with Gasteiger partial charge in [-0.2, -0.15) is 0 Å². The molecular weight excluding hydrogens is 218 g/mol. The number of likely N-dealkylation sites (tertiary alicyclic amines) is 1. The second kappa shape index (κ2) is 4.51. The Balaban J connectivity index is 1.89. The normalized spacial score (nSPS) is 32.1. The van der Waals surface area contributed by atoms with Gasteiger partial charge in [-0.05, 0) is 32.1 Å². The third kappa shape index (κ3) is 2.51. The van der Waals surface area contributed by atoms with Crippen molar-refractivity contribution in [1.82, 2.24) is 4.90 Å². The number of carboxylic acids is 1. The zero-order valence-electron chi connectivity index (χ0n) is 10.2. The Morgan fingerprint density at radius 3 is 2.82 bits per heavy atom. The van der Waals surface area contributed by atoms with Crippen molar-refractivity contribution in [3.05, 3.63) is 12.2 Å². The number of amides is 1. The third-order valence-corrected chi connectivity index (χ3v) is 3.89. The first kappa shape index (κ1) is 12.1. The lowest BCUT2D eigenvalue weighted by molar-refractivity contribution is -0.147. The van der Waals surface area contributed by atoms with E-state index in [9.17, 15) is 9.59 Å². The van der Waals surface area contributed by atoms with Crippen LogP contribution in [0.1, 0.15) is 32.6 Å². The summed E-state index contributed by atoms with van der Waals surface area (Å²) in [4.78, 5) is 24.8. The summed E-state index contributed by atoms with van der Waals surface area (Å²) in [6, 6.07) is 0. The zero-order chi connectivity index (χ0) is 12.5. The number of nitrogens with zero attached hydrogens (tertiary/aromatic N) is 1. The maximum Gasteiger partial charge on any atom is 0.311 e. The van der Waals surface area contributed by atoms with Gasteiger partial charge < -0.3 is 10.0 Å². The molecule has 1 aliphatic heterocycles. The van der Waals surface area contributed by atoms with E-state index < -0.39 is 11.4 Å². The minimum Gasteiger partial charge on any atom is -0.481 e. The zero-order valence-corrected chi connectivity index (χ0v) is 10.2. The molecule has 0 bridgehead atoms. The number of carbonyl (C=O) groups excluding carboxylic acids is 1. The van der Waals surface area contributed by atoms with Crippen molar-refractivity contribution in [3.63, 3.8) is 0 Å². The summed E-state index contributed by atoms with van der Waals surface area (Å²) in [6.07, 6.45) is 7.43. The molecule has 1 amide bonds. The van der Waals surface area contributed by atoms with Crippen LogP contribution in [0.4, 0.5) is 0 Å². The minimum absolute atomic E-state index is 0.103. The van der Waals surface area contributed by atoms with Crippen molar-refractivity contribution in [2.75, 3.05) is 13.1 Å². The van der Waals surface area contributed by atoms with Gasteiger partial charge in [-0.25, -0.2) is 0 Å². The van der Waals surface area contributed by atoms with Crippen molar-refractivity contribution >= 4 is 11.9 Å². The molecule has 1 N–H and O–H groups in total.